The first-order valence-electron chi connectivity index (χ1n) is 9.60. The lowest BCUT2D eigenvalue weighted by atomic mass is 10.1. The molecule has 0 radical (unpaired) electrons. The molecular formula is C22H19FN4O2S. The molecule has 0 spiro atoms. The van der Waals surface area contributed by atoms with Gasteiger partial charge in [0.15, 0.2) is 5.13 Å². The smallest absolute Gasteiger partial charge is 0.277 e. The molecule has 1 N–H and O–H groups in total. The number of carbonyl (C=O) groups is 1. The van der Waals surface area contributed by atoms with Gasteiger partial charge < -0.3 is 0 Å². The van der Waals surface area contributed by atoms with Gasteiger partial charge in [-0.25, -0.2) is 9.37 Å². The van der Waals surface area contributed by atoms with Crippen molar-refractivity contribution in [1.29, 1.82) is 0 Å². The number of fused-ring (bicyclic) bond motifs is 1. The number of halogens is 1. The van der Waals surface area contributed by atoms with Crippen LogP contribution in [0.25, 0.3) is 15.9 Å². The minimum Gasteiger partial charge on any atom is -0.296 e. The standard InChI is InChI=1S/C22H19FN4O2S/c1-2-3-4-14-5-10-17-19(13-14)30-22(24-17)25-21(29)18-11-12-20(28)27(26-18)16-8-6-15(23)7-9-16/h5-13H,2-4H2,1H3,(H,24,25,29). The number of thiazole rings is 1. The number of amides is 1. The van der Waals surface area contributed by atoms with Crippen LogP contribution in [-0.4, -0.2) is 20.7 Å². The molecule has 6 nitrogen and oxygen atoms in total. The molecule has 0 aliphatic heterocycles. The number of hydrogen-bond acceptors (Lipinski definition) is 5. The maximum Gasteiger partial charge on any atom is 0.277 e. The third-order valence-electron chi connectivity index (χ3n) is 4.60. The van der Waals surface area contributed by atoms with Crippen LogP contribution in [-0.2, 0) is 6.42 Å². The molecule has 2 aromatic carbocycles. The quantitative estimate of drug-likeness (QED) is 0.494. The molecule has 4 aromatic rings. The van der Waals surface area contributed by atoms with Gasteiger partial charge in [-0.15, -0.1) is 0 Å². The van der Waals surface area contributed by atoms with E-state index in [9.17, 15) is 14.0 Å². The molecular weight excluding hydrogens is 403 g/mol. The fourth-order valence-electron chi connectivity index (χ4n) is 3.02. The van der Waals surface area contributed by atoms with Crippen LogP contribution >= 0.6 is 11.3 Å². The second-order valence-corrected chi connectivity index (χ2v) is 7.85. The molecule has 8 heteroatoms. The zero-order chi connectivity index (χ0) is 21.1. The Kier molecular flexibility index (Phi) is 5.67. The van der Waals surface area contributed by atoms with E-state index in [-0.39, 0.29) is 5.69 Å². The second-order valence-electron chi connectivity index (χ2n) is 6.82. The van der Waals surface area contributed by atoms with E-state index in [0.29, 0.717) is 10.8 Å². The van der Waals surface area contributed by atoms with Crippen molar-refractivity contribution in [1.82, 2.24) is 14.8 Å². The Morgan fingerprint density at radius 1 is 1.13 bits per heavy atom. The van der Waals surface area contributed by atoms with E-state index in [0.717, 1.165) is 34.2 Å². The van der Waals surface area contributed by atoms with Crippen molar-refractivity contribution >= 4 is 32.6 Å². The van der Waals surface area contributed by atoms with Crippen LogP contribution in [0.3, 0.4) is 0 Å². The highest BCUT2D eigenvalue weighted by molar-refractivity contribution is 7.22. The highest BCUT2D eigenvalue weighted by Gasteiger charge is 2.14. The average Bonchev–Trinajstić information content (AvgIpc) is 3.14. The van der Waals surface area contributed by atoms with Gasteiger partial charge in [-0.2, -0.15) is 9.78 Å². The fraction of sp³-hybridized carbons (Fsp3) is 0.182. The number of unbranched alkanes of at least 4 members (excludes halogenated alkanes) is 1. The predicted octanol–water partition coefficient (Wildman–Crippen LogP) is 4.58. The van der Waals surface area contributed by atoms with Crippen LogP contribution in [0.5, 0.6) is 0 Å². The molecule has 4 rings (SSSR count). The largest absolute Gasteiger partial charge is 0.296 e. The molecule has 0 unspecified atom stereocenters. The number of aromatic nitrogens is 3. The number of carbonyl (C=O) groups excluding carboxylic acids is 1. The molecule has 2 aromatic heterocycles. The van der Waals surface area contributed by atoms with Crippen LogP contribution in [0, 0.1) is 5.82 Å². The summed E-state index contributed by atoms with van der Waals surface area (Å²) < 4.78 is 15.2. The predicted molar refractivity (Wildman–Crippen MR) is 116 cm³/mol. The summed E-state index contributed by atoms with van der Waals surface area (Å²) in [5.74, 6) is -0.898. The minimum atomic E-state index is -0.476. The van der Waals surface area contributed by atoms with Crippen LogP contribution < -0.4 is 10.9 Å². The number of benzene rings is 2. The van der Waals surface area contributed by atoms with E-state index in [2.05, 4.69) is 34.5 Å². The van der Waals surface area contributed by atoms with Crippen molar-refractivity contribution in [3.63, 3.8) is 0 Å². The van der Waals surface area contributed by atoms with Gasteiger partial charge >= 0.3 is 0 Å². The van der Waals surface area contributed by atoms with Crippen LogP contribution in [0.15, 0.2) is 59.4 Å². The zero-order valence-corrected chi connectivity index (χ0v) is 17.1. The molecule has 0 saturated carbocycles. The Morgan fingerprint density at radius 3 is 2.70 bits per heavy atom. The van der Waals surface area contributed by atoms with Gasteiger partial charge in [0.25, 0.3) is 11.5 Å². The van der Waals surface area contributed by atoms with Crippen molar-refractivity contribution in [2.24, 2.45) is 0 Å². The lowest BCUT2D eigenvalue weighted by Gasteiger charge is -2.06. The van der Waals surface area contributed by atoms with Crippen LogP contribution in [0.2, 0.25) is 0 Å². The highest BCUT2D eigenvalue weighted by atomic mass is 32.1. The highest BCUT2D eigenvalue weighted by Crippen LogP contribution is 2.27. The summed E-state index contributed by atoms with van der Waals surface area (Å²) in [6, 6.07) is 14.0. The summed E-state index contributed by atoms with van der Waals surface area (Å²) in [5.41, 5.74) is 2.08. The van der Waals surface area contributed by atoms with Crippen LogP contribution in [0.1, 0.15) is 35.8 Å². The van der Waals surface area contributed by atoms with Gasteiger partial charge in [-0.3, -0.25) is 14.9 Å². The Balaban J connectivity index is 1.57. The van der Waals surface area contributed by atoms with Gasteiger partial charge in [-0.1, -0.05) is 30.7 Å². The molecule has 30 heavy (non-hydrogen) atoms. The topological polar surface area (TPSA) is 76.9 Å². The van der Waals surface area contributed by atoms with Gasteiger partial charge in [0, 0.05) is 6.07 Å². The average molecular weight is 422 g/mol. The maximum atomic E-state index is 13.1. The van der Waals surface area contributed by atoms with Gasteiger partial charge in [0.1, 0.15) is 11.5 Å². The normalized spacial score (nSPS) is 11.0. The summed E-state index contributed by atoms with van der Waals surface area (Å²) in [5, 5.41) is 7.33. The Bertz CT molecular complexity index is 1260. The first-order valence-corrected chi connectivity index (χ1v) is 10.4. The number of hydrogen-bond donors (Lipinski definition) is 1. The summed E-state index contributed by atoms with van der Waals surface area (Å²) in [7, 11) is 0. The molecule has 0 bridgehead atoms. The van der Waals surface area contributed by atoms with Crippen molar-refractivity contribution < 1.29 is 9.18 Å². The molecule has 0 aliphatic carbocycles. The van der Waals surface area contributed by atoms with Crippen molar-refractivity contribution in [3.05, 3.63) is 82.0 Å². The second kappa shape index (κ2) is 8.54. The molecule has 0 atom stereocenters. The van der Waals surface area contributed by atoms with E-state index in [1.807, 2.05) is 6.07 Å². The number of aryl methyl sites for hydroxylation is 1. The zero-order valence-electron chi connectivity index (χ0n) is 16.3. The van der Waals surface area contributed by atoms with E-state index in [4.69, 9.17) is 0 Å². The van der Waals surface area contributed by atoms with Gasteiger partial charge in [0.2, 0.25) is 0 Å². The molecule has 0 fully saturated rings. The summed E-state index contributed by atoms with van der Waals surface area (Å²) in [4.78, 5) is 29.2. The lowest BCUT2D eigenvalue weighted by molar-refractivity contribution is 0.102. The summed E-state index contributed by atoms with van der Waals surface area (Å²) in [6.45, 7) is 2.16. The monoisotopic (exact) mass is 422 g/mol. The van der Waals surface area contributed by atoms with E-state index in [1.165, 1.54) is 53.3 Å². The third kappa shape index (κ3) is 4.28. The van der Waals surface area contributed by atoms with Crippen molar-refractivity contribution in [2.75, 3.05) is 5.32 Å². The Labute approximate surface area is 176 Å². The number of nitrogens with one attached hydrogen (secondary N) is 1. The molecule has 0 aliphatic rings. The first kappa shape index (κ1) is 19.9. The minimum absolute atomic E-state index is 0.0572. The molecule has 1 amide bonds. The number of nitrogens with zero attached hydrogens (tertiary/aromatic N) is 3. The van der Waals surface area contributed by atoms with E-state index >= 15 is 0 Å². The summed E-state index contributed by atoms with van der Waals surface area (Å²) in [6.07, 6.45) is 3.28. The fourth-order valence-corrected chi connectivity index (χ4v) is 3.94. The van der Waals surface area contributed by atoms with Crippen molar-refractivity contribution in [3.8, 4) is 5.69 Å². The van der Waals surface area contributed by atoms with Crippen LogP contribution in [0.4, 0.5) is 9.52 Å². The Hall–Kier alpha value is -3.39. The molecule has 2 heterocycles. The summed E-state index contributed by atoms with van der Waals surface area (Å²) >= 11 is 1.39. The Morgan fingerprint density at radius 2 is 1.93 bits per heavy atom. The number of anilines is 1. The van der Waals surface area contributed by atoms with Gasteiger partial charge in [-0.05, 0) is 60.9 Å². The third-order valence-corrected chi connectivity index (χ3v) is 5.53. The van der Waals surface area contributed by atoms with E-state index < -0.39 is 17.3 Å². The van der Waals surface area contributed by atoms with Crippen molar-refractivity contribution in [2.45, 2.75) is 26.2 Å². The number of rotatable bonds is 6. The molecule has 152 valence electrons. The molecule has 0 saturated heterocycles. The maximum absolute atomic E-state index is 13.1. The first-order chi connectivity index (χ1) is 14.5. The SMILES string of the molecule is CCCCc1ccc2nc(NC(=O)c3ccc(=O)n(-c4ccc(F)cc4)n3)sc2c1. The van der Waals surface area contributed by atoms with E-state index in [1.54, 1.807) is 0 Å². The lowest BCUT2D eigenvalue weighted by Crippen LogP contribution is -2.24. The van der Waals surface area contributed by atoms with Gasteiger partial charge in [0.05, 0.1) is 15.9 Å².